The lowest BCUT2D eigenvalue weighted by Gasteiger charge is -2.32. The third-order valence-corrected chi connectivity index (χ3v) is 6.31. The van der Waals surface area contributed by atoms with Crippen LogP contribution in [-0.4, -0.2) is 78.9 Å². The van der Waals surface area contributed by atoms with E-state index >= 15 is 0 Å². The minimum absolute atomic E-state index is 0.00408. The van der Waals surface area contributed by atoms with Crippen LogP contribution in [0.2, 0.25) is 0 Å². The first-order chi connectivity index (χ1) is 17.6. The van der Waals surface area contributed by atoms with Gasteiger partial charge >= 0.3 is 0 Å². The molecule has 0 atom stereocenters. The van der Waals surface area contributed by atoms with Gasteiger partial charge < -0.3 is 19.1 Å². The lowest BCUT2D eigenvalue weighted by molar-refractivity contribution is 0.0663. The van der Waals surface area contributed by atoms with Crippen LogP contribution in [-0.2, 0) is 6.61 Å². The molecule has 0 bridgehead atoms. The smallest absolute Gasteiger partial charge is 0.255 e. The topological polar surface area (TPSA) is 115 Å². The Kier molecular flexibility index (Phi) is 5.53. The standard InChI is InChI=1S/C25H24N8O3/c1-16-13-21(30-36-16)23-28-27-22-19-5-3-4-6-20(19)24(29-33(22)23)35-15-18-8-7-17(14-26-18)25(34)32-11-9-31(2)10-12-32/h3-8,13-14H,9-12,15H2,1-2H3. The summed E-state index contributed by atoms with van der Waals surface area (Å²) in [5.41, 5.74) is 2.40. The normalized spacial score (nSPS) is 14.6. The molecular weight excluding hydrogens is 460 g/mol. The van der Waals surface area contributed by atoms with E-state index in [0.717, 1.165) is 37.0 Å². The first kappa shape index (κ1) is 22.1. The SMILES string of the molecule is Cc1cc(-c2nnc3c4ccccc4c(OCc4ccc(C(=O)N5CCN(C)CC5)cn4)nn23)no1. The van der Waals surface area contributed by atoms with Crippen molar-refractivity contribution in [2.75, 3.05) is 33.2 Å². The summed E-state index contributed by atoms with van der Waals surface area (Å²) >= 11 is 0. The van der Waals surface area contributed by atoms with Gasteiger partial charge in [-0.25, -0.2) is 0 Å². The van der Waals surface area contributed by atoms with Gasteiger partial charge in [0.25, 0.3) is 5.91 Å². The molecule has 5 aromatic rings. The summed E-state index contributed by atoms with van der Waals surface area (Å²) in [6.45, 7) is 5.20. The molecule has 0 unspecified atom stereocenters. The number of benzene rings is 1. The molecule has 182 valence electrons. The molecule has 1 saturated heterocycles. The molecule has 36 heavy (non-hydrogen) atoms. The number of nitrogens with zero attached hydrogens (tertiary/aromatic N) is 8. The van der Waals surface area contributed by atoms with Gasteiger partial charge in [-0.3, -0.25) is 9.78 Å². The van der Waals surface area contributed by atoms with Crippen molar-refractivity contribution >= 4 is 22.3 Å². The zero-order valence-electron chi connectivity index (χ0n) is 20.0. The van der Waals surface area contributed by atoms with Gasteiger partial charge in [0.1, 0.15) is 12.4 Å². The first-order valence-electron chi connectivity index (χ1n) is 11.7. The Bertz CT molecular complexity index is 1550. The van der Waals surface area contributed by atoms with Crippen molar-refractivity contribution in [2.24, 2.45) is 0 Å². The van der Waals surface area contributed by atoms with Gasteiger partial charge in [0.15, 0.2) is 11.3 Å². The van der Waals surface area contributed by atoms with Crippen LogP contribution in [0.4, 0.5) is 0 Å². The highest BCUT2D eigenvalue weighted by Gasteiger charge is 2.21. The number of aromatic nitrogens is 6. The van der Waals surface area contributed by atoms with Crippen LogP contribution in [0.3, 0.4) is 0 Å². The molecule has 0 aliphatic carbocycles. The van der Waals surface area contributed by atoms with Crippen LogP contribution in [0.25, 0.3) is 27.9 Å². The van der Waals surface area contributed by atoms with Gasteiger partial charge in [0.05, 0.1) is 11.3 Å². The number of carbonyl (C=O) groups excluding carboxylic acids is 1. The predicted molar refractivity (Wildman–Crippen MR) is 130 cm³/mol. The van der Waals surface area contributed by atoms with Crippen molar-refractivity contribution in [2.45, 2.75) is 13.5 Å². The van der Waals surface area contributed by atoms with Gasteiger partial charge in [-0.05, 0) is 32.2 Å². The highest BCUT2D eigenvalue weighted by atomic mass is 16.5. The van der Waals surface area contributed by atoms with E-state index in [2.05, 4.69) is 37.4 Å². The second-order valence-corrected chi connectivity index (χ2v) is 8.85. The fraction of sp³-hybridized carbons (Fsp3) is 0.280. The maximum atomic E-state index is 12.8. The van der Waals surface area contributed by atoms with Crippen LogP contribution >= 0.6 is 0 Å². The van der Waals surface area contributed by atoms with Crippen LogP contribution in [0.1, 0.15) is 21.8 Å². The Balaban J connectivity index is 1.26. The molecule has 1 amide bonds. The summed E-state index contributed by atoms with van der Waals surface area (Å²) < 4.78 is 12.9. The van der Waals surface area contributed by atoms with Crippen molar-refractivity contribution in [1.29, 1.82) is 0 Å². The first-order valence-corrected chi connectivity index (χ1v) is 11.7. The lowest BCUT2D eigenvalue weighted by atomic mass is 10.2. The van der Waals surface area contributed by atoms with E-state index in [9.17, 15) is 4.79 Å². The fourth-order valence-corrected chi connectivity index (χ4v) is 4.26. The number of pyridine rings is 1. The Morgan fingerprint density at radius 3 is 2.58 bits per heavy atom. The number of carbonyl (C=O) groups is 1. The van der Waals surface area contributed by atoms with E-state index in [1.807, 2.05) is 42.2 Å². The molecule has 0 N–H and O–H groups in total. The summed E-state index contributed by atoms with van der Waals surface area (Å²) in [6.07, 6.45) is 1.61. The number of likely N-dealkylation sites (N-methyl/N-ethyl adjacent to an activating group) is 1. The summed E-state index contributed by atoms with van der Waals surface area (Å²) in [5.74, 6) is 1.55. The van der Waals surface area contributed by atoms with Crippen LogP contribution in [0.15, 0.2) is 53.2 Å². The highest BCUT2D eigenvalue weighted by Crippen LogP contribution is 2.29. The molecule has 0 radical (unpaired) electrons. The molecule has 11 nitrogen and oxygen atoms in total. The minimum Gasteiger partial charge on any atom is -0.470 e. The van der Waals surface area contributed by atoms with Gasteiger partial charge in [-0.2, -0.15) is 4.52 Å². The number of hydrogen-bond acceptors (Lipinski definition) is 9. The molecule has 11 heteroatoms. The van der Waals surface area contributed by atoms with E-state index in [4.69, 9.17) is 9.26 Å². The van der Waals surface area contributed by atoms with E-state index in [0.29, 0.717) is 40.1 Å². The van der Waals surface area contributed by atoms with E-state index in [-0.39, 0.29) is 12.5 Å². The van der Waals surface area contributed by atoms with Crippen LogP contribution < -0.4 is 4.74 Å². The number of hydrogen-bond donors (Lipinski definition) is 0. The monoisotopic (exact) mass is 484 g/mol. The molecule has 1 aliphatic rings. The van der Waals surface area contributed by atoms with Crippen molar-refractivity contribution in [3.8, 4) is 17.4 Å². The Morgan fingerprint density at radius 2 is 1.86 bits per heavy atom. The van der Waals surface area contributed by atoms with Crippen molar-refractivity contribution in [3.63, 3.8) is 0 Å². The molecule has 0 spiro atoms. The van der Waals surface area contributed by atoms with Gasteiger partial charge in [-0.1, -0.05) is 23.4 Å². The van der Waals surface area contributed by atoms with Gasteiger partial charge in [0.2, 0.25) is 11.7 Å². The van der Waals surface area contributed by atoms with E-state index < -0.39 is 0 Å². The maximum Gasteiger partial charge on any atom is 0.255 e. The minimum atomic E-state index is 0.00408. The molecule has 1 fully saturated rings. The molecule has 1 aromatic carbocycles. The number of aryl methyl sites for hydroxylation is 1. The Morgan fingerprint density at radius 1 is 1.06 bits per heavy atom. The molecular formula is C25H24N8O3. The summed E-state index contributed by atoms with van der Waals surface area (Å²) in [6, 6.07) is 13.1. The number of rotatable bonds is 5. The fourth-order valence-electron chi connectivity index (χ4n) is 4.26. The van der Waals surface area contributed by atoms with Crippen molar-refractivity contribution in [3.05, 3.63) is 65.7 Å². The molecule has 1 aliphatic heterocycles. The average molecular weight is 485 g/mol. The number of ether oxygens (including phenoxy) is 1. The Hall–Kier alpha value is -4.38. The van der Waals surface area contributed by atoms with Crippen LogP contribution in [0.5, 0.6) is 5.88 Å². The highest BCUT2D eigenvalue weighted by molar-refractivity contribution is 5.97. The number of amides is 1. The lowest BCUT2D eigenvalue weighted by Crippen LogP contribution is -2.47. The van der Waals surface area contributed by atoms with Crippen molar-refractivity contribution in [1.82, 2.24) is 39.8 Å². The number of piperazine rings is 1. The third kappa shape index (κ3) is 4.03. The molecule has 5 heterocycles. The Labute approximate surface area is 206 Å². The quantitative estimate of drug-likeness (QED) is 0.371. The number of fused-ring (bicyclic) bond motifs is 3. The van der Waals surface area contributed by atoms with Crippen molar-refractivity contribution < 1.29 is 14.1 Å². The predicted octanol–water partition coefficient (Wildman–Crippen LogP) is 2.60. The zero-order chi connectivity index (χ0) is 24.6. The third-order valence-electron chi connectivity index (χ3n) is 6.31. The largest absolute Gasteiger partial charge is 0.470 e. The zero-order valence-corrected chi connectivity index (χ0v) is 20.0. The van der Waals surface area contributed by atoms with Crippen LogP contribution in [0, 0.1) is 6.92 Å². The second kappa shape index (κ2) is 9.00. The van der Waals surface area contributed by atoms with E-state index in [1.54, 1.807) is 22.8 Å². The van der Waals surface area contributed by atoms with Gasteiger partial charge in [0, 0.05) is 49.2 Å². The molecule has 4 aromatic heterocycles. The molecule has 6 rings (SSSR count). The summed E-state index contributed by atoms with van der Waals surface area (Å²) in [4.78, 5) is 21.3. The molecule has 0 saturated carbocycles. The van der Waals surface area contributed by atoms with Gasteiger partial charge in [-0.15, -0.1) is 15.3 Å². The maximum absolute atomic E-state index is 12.8. The average Bonchev–Trinajstić information content (AvgIpc) is 3.53. The second-order valence-electron chi connectivity index (χ2n) is 8.85. The summed E-state index contributed by atoms with van der Waals surface area (Å²) in [7, 11) is 2.06. The van der Waals surface area contributed by atoms with E-state index in [1.165, 1.54) is 0 Å². The summed E-state index contributed by atoms with van der Waals surface area (Å²) in [5, 5.41) is 19.0.